The molecule has 0 saturated carbocycles. The van der Waals surface area contributed by atoms with Gasteiger partial charge in [0.25, 0.3) is 0 Å². The maximum Gasteiger partial charge on any atom is 0.220 e. The molecule has 0 radical (unpaired) electrons. The van der Waals surface area contributed by atoms with Gasteiger partial charge in [-0.2, -0.15) is 0 Å². The number of nitrogens with one attached hydrogen (secondary N) is 2. The van der Waals surface area contributed by atoms with E-state index in [1.54, 1.807) is 7.11 Å². The van der Waals surface area contributed by atoms with E-state index in [9.17, 15) is 9.59 Å². The molecule has 2 atom stereocenters. The van der Waals surface area contributed by atoms with Crippen molar-refractivity contribution in [2.24, 2.45) is 11.8 Å². The van der Waals surface area contributed by atoms with Gasteiger partial charge >= 0.3 is 0 Å². The zero-order valence-electron chi connectivity index (χ0n) is 14.9. The van der Waals surface area contributed by atoms with E-state index in [1.807, 2.05) is 0 Å². The van der Waals surface area contributed by atoms with Crippen LogP contribution in [-0.4, -0.2) is 38.1 Å². The fourth-order valence-electron chi connectivity index (χ4n) is 2.59. The number of hydrogen-bond donors (Lipinski definition) is 2. The smallest absolute Gasteiger partial charge is 0.220 e. The lowest BCUT2D eigenvalue weighted by molar-refractivity contribution is -0.124. The van der Waals surface area contributed by atoms with Crippen LogP contribution in [0.2, 0.25) is 0 Å². The molecular weight excluding hydrogens is 280 g/mol. The summed E-state index contributed by atoms with van der Waals surface area (Å²) in [6, 6.07) is 0.0814. The van der Waals surface area contributed by atoms with Crippen LogP contribution in [0.1, 0.15) is 59.8 Å². The molecule has 130 valence electrons. The third-order valence-electron chi connectivity index (χ3n) is 3.56. The molecule has 5 heteroatoms. The summed E-state index contributed by atoms with van der Waals surface area (Å²) in [5.41, 5.74) is 0. The van der Waals surface area contributed by atoms with Gasteiger partial charge in [-0.15, -0.1) is 0 Å². The molecule has 22 heavy (non-hydrogen) atoms. The van der Waals surface area contributed by atoms with Crippen LogP contribution in [-0.2, 0) is 14.3 Å². The zero-order chi connectivity index (χ0) is 17.0. The summed E-state index contributed by atoms with van der Waals surface area (Å²) in [6.07, 6.45) is 4.50. The summed E-state index contributed by atoms with van der Waals surface area (Å²) in [7, 11) is 1.66. The van der Waals surface area contributed by atoms with Crippen LogP contribution in [0.5, 0.6) is 0 Å². The molecule has 2 amide bonds. The van der Waals surface area contributed by atoms with Crippen LogP contribution in [0.15, 0.2) is 0 Å². The summed E-state index contributed by atoms with van der Waals surface area (Å²) in [5, 5.41) is 5.89. The van der Waals surface area contributed by atoms with Crippen molar-refractivity contribution in [3.63, 3.8) is 0 Å². The number of methoxy groups -OCH3 is 1. The minimum absolute atomic E-state index is 0.0469. The van der Waals surface area contributed by atoms with Crippen molar-refractivity contribution in [1.29, 1.82) is 0 Å². The lowest BCUT2D eigenvalue weighted by Crippen LogP contribution is -2.40. The molecule has 0 fully saturated rings. The first-order valence-corrected chi connectivity index (χ1v) is 8.41. The van der Waals surface area contributed by atoms with Gasteiger partial charge in [-0.3, -0.25) is 9.59 Å². The average Bonchev–Trinajstić information content (AvgIpc) is 2.41. The predicted octanol–water partition coefficient (Wildman–Crippen LogP) is 2.50. The number of rotatable bonds is 12. The molecule has 1 unspecified atom stereocenters. The van der Waals surface area contributed by atoms with Crippen molar-refractivity contribution >= 4 is 11.8 Å². The van der Waals surface area contributed by atoms with Gasteiger partial charge in [-0.25, -0.2) is 0 Å². The number of unbranched alkanes of at least 4 members (excludes halogenated alkanes) is 1. The van der Waals surface area contributed by atoms with Gasteiger partial charge < -0.3 is 15.4 Å². The van der Waals surface area contributed by atoms with Crippen molar-refractivity contribution < 1.29 is 14.3 Å². The Labute approximate surface area is 135 Å². The molecule has 0 heterocycles. The Kier molecular flexibility index (Phi) is 11.8. The fourth-order valence-corrected chi connectivity index (χ4v) is 2.59. The van der Waals surface area contributed by atoms with Crippen LogP contribution >= 0.6 is 0 Å². The van der Waals surface area contributed by atoms with Gasteiger partial charge in [-0.1, -0.05) is 33.6 Å². The molecule has 0 bridgehead atoms. The van der Waals surface area contributed by atoms with Crippen molar-refractivity contribution in [2.45, 2.75) is 65.8 Å². The second-order valence-corrected chi connectivity index (χ2v) is 6.50. The van der Waals surface area contributed by atoms with E-state index in [0.717, 1.165) is 25.7 Å². The van der Waals surface area contributed by atoms with Crippen LogP contribution in [0.25, 0.3) is 0 Å². The normalized spacial score (nSPS) is 13.7. The maximum atomic E-state index is 12.2. The monoisotopic (exact) mass is 314 g/mol. The lowest BCUT2D eigenvalue weighted by Gasteiger charge is -2.22. The van der Waals surface area contributed by atoms with E-state index in [1.165, 1.54) is 6.92 Å². The number of hydrogen-bond acceptors (Lipinski definition) is 3. The molecule has 0 aromatic heterocycles. The predicted molar refractivity (Wildman–Crippen MR) is 89.6 cm³/mol. The van der Waals surface area contributed by atoms with Crippen molar-refractivity contribution in [1.82, 2.24) is 10.6 Å². The Morgan fingerprint density at radius 1 is 1.23 bits per heavy atom. The maximum absolute atomic E-state index is 12.2. The molecular formula is C17H34N2O3. The highest BCUT2D eigenvalue weighted by Gasteiger charge is 2.18. The molecule has 0 aliphatic carbocycles. The number of amides is 2. The highest BCUT2D eigenvalue weighted by Crippen LogP contribution is 2.15. The van der Waals surface area contributed by atoms with Gasteiger partial charge in [0.15, 0.2) is 0 Å². The van der Waals surface area contributed by atoms with Gasteiger partial charge in [0.2, 0.25) is 11.8 Å². The van der Waals surface area contributed by atoms with E-state index in [2.05, 4.69) is 31.4 Å². The van der Waals surface area contributed by atoms with Crippen LogP contribution in [0.3, 0.4) is 0 Å². The summed E-state index contributed by atoms with van der Waals surface area (Å²) in [4.78, 5) is 23.3. The number of carbonyl (C=O) groups is 2. The first-order chi connectivity index (χ1) is 10.4. The minimum atomic E-state index is -0.0469. The lowest BCUT2D eigenvalue weighted by atomic mass is 9.93. The first kappa shape index (κ1) is 20.9. The highest BCUT2D eigenvalue weighted by atomic mass is 16.5. The van der Waals surface area contributed by atoms with E-state index >= 15 is 0 Å². The summed E-state index contributed by atoms with van der Waals surface area (Å²) in [6.45, 7) is 9.02. The third kappa shape index (κ3) is 11.5. The Bertz CT molecular complexity index is 319. The zero-order valence-corrected chi connectivity index (χ0v) is 14.9. The third-order valence-corrected chi connectivity index (χ3v) is 3.56. The quantitative estimate of drug-likeness (QED) is 0.581. The number of carbonyl (C=O) groups excluding carboxylic acids is 2. The molecule has 0 saturated heterocycles. The van der Waals surface area contributed by atoms with Gasteiger partial charge in [0.1, 0.15) is 0 Å². The van der Waals surface area contributed by atoms with Gasteiger partial charge in [0.05, 0.1) is 12.6 Å². The fraction of sp³-hybridized carbons (Fsp3) is 0.882. The summed E-state index contributed by atoms with van der Waals surface area (Å²) >= 11 is 0. The van der Waals surface area contributed by atoms with Crippen molar-refractivity contribution in [3.05, 3.63) is 0 Å². The standard InChI is InChI=1S/C17H34N2O3/c1-6-7-8-16(12-22-5)19-17(21)10-15(9-13(2)3)11-18-14(4)20/h13,15-16H,6-12H2,1-5H3,(H,18,20)(H,19,21)/t15-,16?/m0/s1. The summed E-state index contributed by atoms with van der Waals surface area (Å²) < 4.78 is 5.18. The Balaban J connectivity index is 4.40. The minimum Gasteiger partial charge on any atom is -0.383 e. The summed E-state index contributed by atoms with van der Waals surface area (Å²) in [5.74, 6) is 0.684. The van der Waals surface area contributed by atoms with Crippen LogP contribution in [0, 0.1) is 11.8 Å². The van der Waals surface area contributed by atoms with Gasteiger partial charge in [-0.05, 0) is 24.7 Å². The molecule has 0 spiro atoms. The molecule has 0 rings (SSSR count). The van der Waals surface area contributed by atoms with E-state index in [4.69, 9.17) is 4.74 Å². The van der Waals surface area contributed by atoms with E-state index < -0.39 is 0 Å². The second kappa shape index (κ2) is 12.4. The molecule has 0 aliphatic heterocycles. The molecule has 2 N–H and O–H groups in total. The highest BCUT2D eigenvalue weighted by molar-refractivity contribution is 5.77. The SMILES string of the molecule is CCCCC(COC)NC(=O)C[C@@H](CNC(C)=O)CC(C)C. The average molecular weight is 314 g/mol. The topological polar surface area (TPSA) is 67.4 Å². The van der Waals surface area contributed by atoms with E-state index in [-0.39, 0.29) is 23.8 Å². The Morgan fingerprint density at radius 3 is 2.41 bits per heavy atom. The second-order valence-electron chi connectivity index (χ2n) is 6.50. The van der Waals surface area contributed by atoms with Crippen LogP contribution in [0.4, 0.5) is 0 Å². The van der Waals surface area contributed by atoms with Crippen molar-refractivity contribution in [3.8, 4) is 0 Å². The Morgan fingerprint density at radius 2 is 1.91 bits per heavy atom. The van der Waals surface area contributed by atoms with E-state index in [0.29, 0.717) is 25.5 Å². The molecule has 0 aromatic carbocycles. The Hall–Kier alpha value is -1.10. The number of ether oxygens (including phenoxy) is 1. The first-order valence-electron chi connectivity index (χ1n) is 8.41. The molecule has 0 aromatic rings. The van der Waals surface area contributed by atoms with Crippen LogP contribution < -0.4 is 10.6 Å². The molecule has 0 aliphatic rings. The van der Waals surface area contributed by atoms with Gasteiger partial charge in [0, 0.05) is 27.0 Å². The molecule has 5 nitrogen and oxygen atoms in total. The van der Waals surface area contributed by atoms with Crippen molar-refractivity contribution in [2.75, 3.05) is 20.3 Å². The largest absolute Gasteiger partial charge is 0.383 e.